The van der Waals surface area contributed by atoms with Crippen LogP contribution in [0.5, 0.6) is 5.75 Å². The van der Waals surface area contributed by atoms with Crippen molar-refractivity contribution in [2.75, 3.05) is 6.61 Å². The van der Waals surface area contributed by atoms with E-state index in [2.05, 4.69) is 0 Å². The highest BCUT2D eigenvalue weighted by atomic mass is 16.6. The Hall–Kier alpha value is -2.04. The molecule has 1 amide bonds. The van der Waals surface area contributed by atoms with Crippen molar-refractivity contribution in [2.24, 2.45) is 0 Å². The van der Waals surface area contributed by atoms with Crippen molar-refractivity contribution in [3.8, 4) is 5.75 Å². The highest BCUT2D eigenvalue weighted by Gasteiger charge is 2.42. The normalized spacial score (nSPS) is 17.2. The molecule has 0 fully saturated rings. The zero-order valence-corrected chi connectivity index (χ0v) is 14.7. The zero-order valence-electron chi connectivity index (χ0n) is 14.7. The molecule has 1 aliphatic rings. The van der Waals surface area contributed by atoms with Gasteiger partial charge in [-0.25, -0.2) is 4.79 Å². The Balaban J connectivity index is 2.45. The number of benzene rings is 1. The monoisotopic (exact) mass is 319 g/mol. The Labute approximate surface area is 137 Å². The number of aldehydes is 1. The van der Waals surface area contributed by atoms with E-state index in [0.717, 1.165) is 11.8 Å². The fraction of sp³-hybridized carbons (Fsp3) is 0.556. The maximum atomic E-state index is 12.8. The summed E-state index contributed by atoms with van der Waals surface area (Å²) in [6.07, 6.45) is 0.392. The van der Waals surface area contributed by atoms with Crippen molar-refractivity contribution in [3.63, 3.8) is 0 Å². The number of carbonyl (C=O) groups excluding carboxylic acids is 2. The third-order valence-electron chi connectivity index (χ3n) is 3.58. The lowest BCUT2D eigenvalue weighted by Crippen LogP contribution is -2.50. The Morgan fingerprint density at radius 1 is 1.26 bits per heavy atom. The molecule has 2 rings (SSSR count). The van der Waals surface area contributed by atoms with Gasteiger partial charge in [-0.05, 0) is 47.6 Å². The third kappa shape index (κ3) is 3.66. The standard InChI is InChI=1S/C18H25NO4/c1-17(2,3)19(16(21)23-18(4,5)6)13-11-22-14-9-7-8-12(10-20)15(13)14/h7-10,13H,11H2,1-6H3. The van der Waals surface area contributed by atoms with E-state index in [9.17, 15) is 9.59 Å². The number of carbonyl (C=O) groups is 2. The van der Waals surface area contributed by atoms with Gasteiger partial charge in [0.05, 0.1) is 6.04 Å². The molecule has 0 saturated carbocycles. The molecule has 1 unspecified atom stereocenters. The topological polar surface area (TPSA) is 55.8 Å². The van der Waals surface area contributed by atoms with Crippen molar-refractivity contribution in [3.05, 3.63) is 29.3 Å². The fourth-order valence-corrected chi connectivity index (χ4v) is 2.78. The molecule has 5 heteroatoms. The van der Waals surface area contributed by atoms with Crippen molar-refractivity contribution < 1.29 is 19.1 Å². The maximum absolute atomic E-state index is 12.8. The van der Waals surface area contributed by atoms with Crippen LogP contribution in [0.25, 0.3) is 0 Å². The lowest BCUT2D eigenvalue weighted by molar-refractivity contribution is -0.0107. The van der Waals surface area contributed by atoms with Crippen molar-refractivity contribution in [1.29, 1.82) is 0 Å². The number of hydrogen-bond acceptors (Lipinski definition) is 4. The Kier molecular flexibility index (Phi) is 4.42. The largest absolute Gasteiger partial charge is 0.491 e. The number of fused-ring (bicyclic) bond motifs is 1. The van der Waals surface area contributed by atoms with Gasteiger partial charge in [-0.3, -0.25) is 9.69 Å². The van der Waals surface area contributed by atoms with E-state index in [1.54, 1.807) is 17.0 Å². The Bertz CT molecular complexity index is 610. The molecule has 0 bridgehead atoms. The maximum Gasteiger partial charge on any atom is 0.411 e. The van der Waals surface area contributed by atoms with Crippen LogP contribution in [-0.2, 0) is 4.74 Å². The molecule has 0 aromatic heterocycles. The second kappa shape index (κ2) is 5.87. The first-order valence-corrected chi connectivity index (χ1v) is 7.78. The summed E-state index contributed by atoms with van der Waals surface area (Å²) in [5, 5.41) is 0. The first-order valence-electron chi connectivity index (χ1n) is 7.78. The highest BCUT2D eigenvalue weighted by molar-refractivity contribution is 5.80. The summed E-state index contributed by atoms with van der Waals surface area (Å²) in [6, 6.07) is 4.99. The molecule has 23 heavy (non-hydrogen) atoms. The van der Waals surface area contributed by atoms with Crippen LogP contribution < -0.4 is 4.74 Å². The van der Waals surface area contributed by atoms with E-state index in [1.165, 1.54) is 0 Å². The summed E-state index contributed by atoms with van der Waals surface area (Å²) in [7, 11) is 0. The van der Waals surface area contributed by atoms with Crippen LogP contribution in [0.1, 0.15) is 63.5 Å². The van der Waals surface area contributed by atoms with Crippen molar-refractivity contribution in [2.45, 2.75) is 58.7 Å². The summed E-state index contributed by atoms with van der Waals surface area (Å²) in [4.78, 5) is 25.8. The van der Waals surface area contributed by atoms with Gasteiger partial charge in [-0.15, -0.1) is 0 Å². The van der Waals surface area contributed by atoms with Crippen molar-refractivity contribution in [1.82, 2.24) is 4.90 Å². The van der Waals surface area contributed by atoms with Gasteiger partial charge >= 0.3 is 6.09 Å². The third-order valence-corrected chi connectivity index (χ3v) is 3.58. The van der Waals surface area contributed by atoms with E-state index in [4.69, 9.17) is 9.47 Å². The van der Waals surface area contributed by atoms with Crippen molar-refractivity contribution >= 4 is 12.4 Å². The first-order chi connectivity index (χ1) is 10.5. The lowest BCUT2D eigenvalue weighted by atomic mass is 9.96. The van der Waals surface area contributed by atoms with E-state index in [0.29, 0.717) is 17.9 Å². The second-order valence-electron chi connectivity index (χ2n) is 7.72. The average molecular weight is 319 g/mol. The van der Waals surface area contributed by atoms with Crippen LogP contribution in [0.2, 0.25) is 0 Å². The molecule has 1 aliphatic heterocycles. The molecule has 1 atom stereocenters. The second-order valence-corrected chi connectivity index (χ2v) is 7.72. The van der Waals surface area contributed by atoms with Crippen LogP contribution in [0.3, 0.4) is 0 Å². The van der Waals surface area contributed by atoms with Gasteiger partial charge in [0.2, 0.25) is 0 Å². The van der Waals surface area contributed by atoms with Gasteiger partial charge < -0.3 is 9.47 Å². The minimum absolute atomic E-state index is 0.316. The van der Waals surface area contributed by atoms with Crippen LogP contribution in [0.15, 0.2) is 18.2 Å². The molecule has 0 spiro atoms. The van der Waals surface area contributed by atoms with Crippen LogP contribution in [0.4, 0.5) is 4.79 Å². The average Bonchev–Trinajstić information content (AvgIpc) is 2.79. The minimum atomic E-state index is -0.590. The van der Waals surface area contributed by atoms with Gasteiger partial charge in [-0.1, -0.05) is 12.1 Å². The van der Waals surface area contributed by atoms with Crippen LogP contribution in [-0.4, -0.2) is 35.0 Å². The lowest BCUT2D eigenvalue weighted by Gasteiger charge is -2.40. The number of amides is 1. The first kappa shape index (κ1) is 17.3. The smallest absolute Gasteiger partial charge is 0.411 e. The molecular weight excluding hydrogens is 294 g/mol. The fourth-order valence-electron chi connectivity index (χ4n) is 2.78. The minimum Gasteiger partial charge on any atom is -0.491 e. The van der Waals surface area contributed by atoms with Crippen LogP contribution >= 0.6 is 0 Å². The molecule has 1 aromatic carbocycles. The van der Waals surface area contributed by atoms with Gasteiger partial charge in [0.15, 0.2) is 6.29 Å². The molecule has 0 saturated heterocycles. The number of rotatable bonds is 2. The van der Waals surface area contributed by atoms with E-state index < -0.39 is 17.2 Å². The van der Waals surface area contributed by atoms with E-state index in [1.807, 2.05) is 47.6 Å². The molecule has 0 radical (unpaired) electrons. The molecule has 0 aliphatic carbocycles. The number of nitrogens with zero attached hydrogens (tertiary/aromatic N) is 1. The highest BCUT2D eigenvalue weighted by Crippen LogP contribution is 2.41. The van der Waals surface area contributed by atoms with Crippen LogP contribution in [0, 0.1) is 0 Å². The SMILES string of the molecule is CC(C)(C)OC(=O)N(C1COc2cccc(C=O)c21)C(C)(C)C. The molecule has 0 N–H and O–H groups in total. The summed E-state index contributed by atoms with van der Waals surface area (Å²) in [5.41, 5.74) is 0.229. The van der Waals surface area contributed by atoms with E-state index in [-0.39, 0.29) is 6.04 Å². The Morgan fingerprint density at radius 3 is 2.43 bits per heavy atom. The molecule has 126 valence electrons. The quantitative estimate of drug-likeness (QED) is 0.774. The van der Waals surface area contributed by atoms with Gasteiger partial charge in [0, 0.05) is 16.7 Å². The molecule has 1 aromatic rings. The van der Waals surface area contributed by atoms with Gasteiger partial charge in [0.25, 0.3) is 0 Å². The summed E-state index contributed by atoms with van der Waals surface area (Å²) < 4.78 is 11.3. The predicted molar refractivity (Wildman–Crippen MR) is 87.9 cm³/mol. The molecule has 5 nitrogen and oxygen atoms in total. The number of hydrogen-bond donors (Lipinski definition) is 0. The zero-order chi connectivity index (χ0) is 17.4. The van der Waals surface area contributed by atoms with Gasteiger partial charge in [-0.2, -0.15) is 0 Å². The molecule has 1 heterocycles. The predicted octanol–water partition coefficient (Wildman–Crippen LogP) is 3.97. The van der Waals surface area contributed by atoms with Gasteiger partial charge in [0.1, 0.15) is 18.0 Å². The van der Waals surface area contributed by atoms with E-state index >= 15 is 0 Å². The summed E-state index contributed by atoms with van der Waals surface area (Å²) in [5.74, 6) is 0.650. The number of ether oxygens (including phenoxy) is 2. The summed E-state index contributed by atoms with van der Waals surface area (Å²) >= 11 is 0. The summed E-state index contributed by atoms with van der Waals surface area (Å²) in [6.45, 7) is 11.6. The Morgan fingerprint density at radius 2 is 1.91 bits per heavy atom. The molecular formula is C18H25NO4.